The summed E-state index contributed by atoms with van der Waals surface area (Å²) in [6.45, 7) is 0.883. The molecule has 1 atom stereocenters. The number of amides is 2. The molecule has 1 spiro atoms. The maximum atomic E-state index is 14.1. The van der Waals surface area contributed by atoms with Crippen molar-refractivity contribution >= 4 is 17.5 Å². The van der Waals surface area contributed by atoms with Crippen molar-refractivity contribution in [1.82, 2.24) is 4.90 Å². The molecule has 2 amide bonds. The van der Waals surface area contributed by atoms with E-state index in [9.17, 15) is 18.4 Å². The number of morpholine rings is 1. The van der Waals surface area contributed by atoms with E-state index in [0.29, 0.717) is 25.9 Å². The van der Waals surface area contributed by atoms with Gasteiger partial charge in [-0.05, 0) is 37.1 Å². The van der Waals surface area contributed by atoms with Gasteiger partial charge in [0.2, 0.25) is 0 Å². The predicted molar refractivity (Wildman–Crippen MR) is 99.0 cm³/mol. The third-order valence-corrected chi connectivity index (χ3v) is 5.33. The van der Waals surface area contributed by atoms with Crippen LogP contribution in [0.2, 0.25) is 0 Å². The van der Waals surface area contributed by atoms with E-state index in [-0.39, 0.29) is 24.6 Å². The Kier molecular flexibility index (Phi) is 4.85. The normalized spacial score (nSPS) is 22.6. The molecule has 2 saturated heterocycles. The lowest BCUT2D eigenvalue weighted by Crippen LogP contribution is -2.62. The van der Waals surface area contributed by atoms with Crippen LogP contribution in [-0.2, 0) is 9.53 Å². The number of piperidine rings is 1. The topological polar surface area (TPSA) is 49.9 Å². The molecule has 0 aliphatic carbocycles. The van der Waals surface area contributed by atoms with Crippen molar-refractivity contribution in [3.8, 4) is 0 Å². The minimum absolute atomic E-state index is 0.0781. The molecule has 28 heavy (non-hydrogen) atoms. The molecule has 2 aromatic rings. The van der Waals surface area contributed by atoms with Crippen molar-refractivity contribution in [2.45, 2.75) is 18.4 Å². The van der Waals surface area contributed by atoms with Gasteiger partial charge in [0.05, 0.1) is 18.7 Å². The molecule has 5 nitrogen and oxygen atoms in total. The third kappa shape index (κ3) is 3.38. The fraction of sp³-hybridized carbons (Fsp3) is 0.333. The number of nitrogens with zero attached hydrogens (tertiary/aromatic N) is 2. The molecule has 7 heteroatoms. The van der Waals surface area contributed by atoms with Gasteiger partial charge in [-0.2, -0.15) is 0 Å². The summed E-state index contributed by atoms with van der Waals surface area (Å²) in [5, 5.41) is 0. The first-order chi connectivity index (χ1) is 13.5. The minimum atomic E-state index is -1.14. The van der Waals surface area contributed by atoms with Gasteiger partial charge in [-0.15, -0.1) is 0 Å². The predicted octanol–water partition coefficient (Wildman–Crippen LogP) is 3.00. The van der Waals surface area contributed by atoms with Crippen molar-refractivity contribution in [2.75, 3.05) is 31.1 Å². The summed E-state index contributed by atoms with van der Waals surface area (Å²) >= 11 is 0. The highest BCUT2D eigenvalue weighted by Crippen LogP contribution is 2.32. The first-order valence-corrected chi connectivity index (χ1v) is 9.22. The smallest absolute Gasteiger partial charge is 0.257 e. The highest BCUT2D eigenvalue weighted by Gasteiger charge is 2.44. The van der Waals surface area contributed by atoms with Crippen LogP contribution in [0.3, 0.4) is 0 Å². The van der Waals surface area contributed by atoms with E-state index in [1.54, 1.807) is 4.90 Å². The molecule has 0 aromatic heterocycles. The van der Waals surface area contributed by atoms with Gasteiger partial charge in [-0.1, -0.05) is 24.3 Å². The Bertz CT molecular complexity index is 906. The zero-order valence-corrected chi connectivity index (χ0v) is 15.2. The van der Waals surface area contributed by atoms with Gasteiger partial charge in [0.1, 0.15) is 12.2 Å². The van der Waals surface area contributed by atoms with E-state index in [1.807, 2.05) is 30.3 Å². The van der Waals surface area contributed by atoms with Gasteiger partial charge in [0.25, 0.3) is 11.8 Å². The number of anilines is 1. The van der Waals surface area contributed by atoms with Crippen LogP contribution in [-0.4, -0.2) is 48.6 Å². The molecule has 2 aliphatic rings. The second-order valence-electron chi connectivity index (χ2n) is 7.22. The Morgan fingerprint density at radius 3 is 2.61 bits per heavy atom. The number of likely N-dealkylation sites (tertiary alicyclic amines) is 1. The maximum absolute atomic E-state index is 14.1. The number of carbonyl (C=O) groups is 2. The zero-order valence-electron chi connectivity index (χ0n) is 15.2. The number of hydrogen-bond donors (Lipinski definition) is 0. The van der Waals surface area contributed by atoms with Gasteiger partial charge in [-0.3, -0.25) is 9.59 Å². The van der Waals surface area contributed by atoms with Gasteiger partial charge < -0.3 is 14.5 Å². The number of benzene rings is 2. The van der Waals surface area contributed by atoms with E-state index in [4.69, 9.17) is 4.74 Å². The summed E-state index contributed by atoms with van der Waals surface area (Å²) in [4.78, 5) is 28.3. The van der Waals surface area contributed by atoms with E-state index in [2.05, 4.69) is 0 Å². The second kappa shape index (κ2) is 7.31. The third-order valence-electron chi connectivity index (χ3n) is 5.33. The summed E-state index contributed by atoms with van der Waals surface area (Å²) in [5.41, 5.74) is -0.236. The van der Waals surface area contributed by atoms with Crippen LogP contribution in [0.1, 0.15) is 23.2 Å². The Morgan fingerprint density at radius 1 is 1.04 bits per heavy atom. The van der Waals surface area contributed by atoms with Crippen LogP contribution in [0.25, 0.3) is 0 Å². The number of para-hydroxylation sites is 1. The molecule has 1 unspecified atom stereocenters. The van der Waals surface area contributed by atoms with Crippen molar-refractivity contribution in [3.05, 3.63) is 65.7 Å². The summed E-state index contributed by atoms with van der Waals surface area (Å²) in [6, 6.07) is 12.9. The summed E-state index contributed by atoms with van der Waals surface area (Å²) in [6.07, 6.45) is 1.33. The van der Waals surface area contributed by atoms with E-state index < -0.39 is 23.1 Å². The van der Waals surface area contributed by atoms with Crippen LogP contribution in [0, 0.1) is 11.6 Å². The first kappa shape index (κ1) is 18.6. The van der Waals surface area contributed by atoms with Crippen LogP contribution in [0.15, 0.2) is 48.5 Å². The van der Waals surface area contributed by atoms with Gasteiger partial charge >= 0.3 is 0 Å². The molecular formula is C21H20F2N2O3. The fourth-order valence-corrected chi connectivity index (χ4v) is 3.92. The largest absolute Gasteiger partial charge is 0.361 e. The highest BCUT2D eigenvalue weighted by molar-refractivity contribution is 5.96. The summed E-state index contributed by atoms with van der Waals surface area (Å²) in [5.74, 6) is -2.90. The van der Waals surface area contributed by atoms with Crippen molar-refractivity contribution in [2.24, 2.45) is 0 Å². The standard InChI is InChI=1S/C21H20F2N2O3/c22-17-9-4-8-16(19(17)23)20(27)24-11-5-10-21(13-24)14-25(18(26)12-28-21)15-6-2-1-3-7-15/h1-4,6-9H,5,10-14H2. The Labute approximate surface area is 161 Å². The van der Waals surface area contributed by atoms with Crippen molar-refractivity contribution in [3.63, 3.8) is 0 Å². The minimum Gasteiger partial charge on any atom is -0.361 e. The number of halogens is 2. The second-order valence-corrected chi connectivity index (χ2v) is 7.22. The lowest BCUT2D eigenvalue weighted by Gasteiger charge is -2.47. The molecular weight excluding hydrogens is 366 g/mol. The molecule has 2 heterocycles. The van der Waals surface area contributed by atoms with Gasteiger partial charge in [0, 0.05) is 12.2 Å². The maximum Gasteiger partial charge on any atom is 0.257 e. The molecule has 2 aromatic carbocycles. The van der Waals surface area contributed by atoms with Crippen LogP contribution < -0.4 is 4.90 Å². The van der Waals surface area contributed by atoms with Crippen LogP contribution in [0.5, 0.6) is 0 Å². The molecule has 4 rings (SSSR count). The van der Waals surface area contributed by atoms with Crippen molar-refractivity contribution < 1.29 is 23.1 Å². The summed E-state index contributed by atoms with van der Waals surface area (Å²) in [7, 11) is 0. The average Bonchev–Trinajstić information content (AvgIpc) is 2.72. The molecule has 0 N–H and O–H groups in total. The lowest BCUT2D eigenvalue weighted by atomic mass is 9.90. The summed E-state index contributed by atoms with van der Waals surface area (Å²) < 4.78 is 33.5. The first-order valence-electron chi connectivity index (χ1n) is 9.22. The van der Waals surface area contributed by atoms with Gasteiger partial charge in [0.15, 0.2) is 11.6 Å². The SMILES string of the molecule is O=C(c1cccc(F)c1F)N1CCCC2(C1)CN(c1ccccc1)C(=O)CO2. The van der Waals surface area contributed by atoms with Gasteiger partial charge in [-0.25, -0.2) is 8.78 Å². The number of ether oxygens (including phenoxy) is 1. The molecule has 0 bridgehead atoms. The molecule has 0 radical (unpaired) electrons. The quantitative estimate of drug-likeness (QED) is 0.797. The Morgan fingerprint density at radius 2 is 1.82 bits per heavy atom. The molecule has 146 valence electrons. The number of carbonyl (C=O) groups excluding carboxylic acids is 2. The Hall–Kier alpha value is -2.80. The van der Waals surface area contributed by atoms with E-state index in [1.165, 1.54) is 17.0 Å². The van der Waals surface area contributed by atoms with Crippen LogP contribution >= 0.6 is 0 Å². The monoisotopic (exact) mass is 386 g/mol. The average molecular weight is 386 g/mol. The molecule has 2 fully saturated rings. The lowest BCUT2D eigenvalue weighted by molar-refractivity contribution is -0.144. The Balaban J connectivity index is 1.56. The highest BCUT2D eigenvalue weighted by atomic mass is 19.2. The van der Waals surface area contributed by atoms with Crippen molar-refractivity contribution in [1.29, 1.82) is 0 Å². The number of hydrogen-bond acceptors (Lipinski definition) is 3. The van der Waals surface area contributed by atoms with Crippen LogP contribution in [0.4, 0.5) is 14.5 Å². The number of rotatable bonds is 2. The molecule has 0 saturated carbocycles. The van der Waals surface area contributed by atoms with E-state index in [0.717, 1.165) is 11.8 Å². The molecule has 2 aliphatic heterocycles. The zero-order chi connectivity index (χ0) is 19.7. The van der Waals surface area contributed by atoms with E-state index >= 15 is 0 Å². The fourth-order valence-electron chi connectivity index (χ4n) is 3.92.